The summed E-state index contributed by atoms with van der Waals surface area (Å²) in [5.41, 5.74) is 1.27. The minimum atomic E-state index is -0.548. The van der Waals surface area contributed by atoms with E-state index >= 15 is 0 Å². The molecule has 0 fully saturated rings. The molecule has 0 spiro atoms. The van der Waals surface area contributed by atoms with Gasteiger partial charge in [0, 0.05) is 22.2 Å². The molecule has 0 saturated heterocycles. The molecule has 0 radical (unpaired) electrons. The van der Waals surface area contributed by atoms with Crippen molar-refractivity contribution in [3.8, 4) is 17.2 Å². The molecule has 1 N–H and O–H groups in total. The fourth-order valence-corrected chi connectivity index (χ4v) is 4.12. The monoisotopic (exact) mass is 679 g/mol. The highest BCUT2D eigenvalue weighted by atomic mass is 79.9. The van der Waals surface area contributed by atoms with Gasteiger partial charge in [0.1, 0.15) is 17.2 Å². The van der Waals surface area contributed by atoms with Crippen molar-refractivity contribution in [2.75, 3.05) is 31.7 Å². The first-order valence-corrected chi connectivity index (χ1v) is 15.0. The fourth-order valence-electron chi connectivity index (χ4n) is 3.66. The van der Waals surface area contributed by atoms with Gasteiger partial charge in [-0.25, -0.2) is 14.4 Å². The number of nitrogens with one attached hydrogen (secondary N) is 1. The maximum Gasteiger partial charge on any atom is 0.343 e. The number of carbonyl (C=O) groups is 4. The number of benzene rings is 3. The van der Waals surface area contributed by atoms with E-state index in [2.05, 4.69) is 34.4 Å². The van der Waals surface area contributed by atoms with Crippen molar-refractivity contribution in [1.82, 2.24) is 0 Å². The number of anilines is 1. The number of amides is 1. The van der Waals surface area contributed by atoms with Gasteiger partial charge in [0.05, 0.1) is 37.7 Å². The molecule has 0 bridgehead atoms. The lowest BCUT2D eigenvalue weighted by Gasteiger charge is -2.11. The van der Waals surface area contributed by atoms with Crippen LogP contribution in [0.15, 0.2) is 96.5 Å². The van der Waals surface area contributed by atoms with E-state index in [1.165, 1.54) is 0 Å². The van der Waals surface area contributed by atoms with E-state index in [-0.39, 0.29) is 5.91 Å². The second kappa shape index (κ2) is 18.7. The molecule has 0 unspecified atom stereocenters. The molecule has 0 atom stereocenters. The van der Waals surface area contributed by atoms with Crippen molar-refractivity contribution in [3.63, 3.8) is 0 Å². The highest BCUT2D eigenvalue weighted by molar-refractivity contribution is 9.10. The summed E-state index contributed by atoms with van der Waals surface area (Å²) in [4.78, 5) is 47.5. The maximum absolute atomic E-state index is 12.8. The van der Waals surface area contributed by atoms with Crippen LogP contribution in [-0.2, 0) is 19.1 Å². The molecule has 0 aliphatic heterocycles. The Hall–Kier alpha value is -4.90. The van der Waals surface area contributed by atoms with Crippen LogP contribution in [-0.4, -0.2) is 50.2 Å². The summed E-state index contributed by atoms with van der Waals surface area (Å²) in [6.07, 6.45) is 4.97. The Labute approximate surface area is 270 Å². The molecule has 3 rings (SSSR count). The zero-order valence-electron chi connectivity index (χ0n) is 24.6. The fraction of sp³-hybridized carbons (Fsp3) is 0.235. The molecule has 236 valence electrons. The van der Waals surface area contributed by atoms with E-state index in [1.54, 1.807) is 66.7 Å². The van der Waals surface area contributed by atoms with Crippen molar-refractivity contribution >= 4 is 45.4 Å². The lowest BCUT2D eigenvalue weighted by Crippen LogP contribution is -2.13. The third kappa shape index (κ3) is 12.3. The number of hydrogen-bond donors (Lipinski definition) is 1. The molecule has 3 aromatic rings. The third-order valence-corrected chi connectivity index (χ3v) is 6.70. The van der Waals surface area contributed by atoms with Crippen LogP contribution in [0.2, 0.25) is 0 Å². The van der Waals surface area contributed by atoms with Gasteiger partial charge >= 0.3 is 17.9 Å². The Kier molecular flexibility index (Phi) is 14.4. The second-order valence-electron chi connectivity index (χ2n) is 9.39. The zero-order chi connectivity index (χ0) is 32.4. The summed E-state index contributed by atoms with van der Waals surface area (Å²) in [6, 6.07) is 18.1. The van der Waals surface area contributed by atoms with E-state index in [9.17, 15) is 19.2 Å². The molecule has 3 aromatic carbocycles. The summed E-state index contributed by atoms with van der Waals surface area (Å²) in [6.45, 7) is 8.17. The Balaban J connectivity index is 1.41. The average Bonchev–Trinajstić information content (AvgIpc) is 3.05. The van der Waals surface area contributed by atoms with Crippen LogP contribution < -0.4 is 19.5 Å². The molecule has 0 aliphatic rings. The predicted molar refractivity (Wildman–Crippen MR) is 172 cm³/mol. The van der Waals surface area contributed by atoms with Crippen molar-refractivity contribution in [3.05, 3.63) is 108 Å². The average molecular weight is 681 g/mol. The number of rotatable bonds is 18. The van der Waals surface area contributed by atoms with Gasteiger partial charge in [-0.2, -0.15) is 0 Å². The largest absolute Gasteiger partial charge is 0.494 e. The van der Waals surface area contributed by atoms with Crippen LogP contribution in [0.5, 0.6) is 17.2 Å². The Bertz CT molecular complexity index is 1470. The lowest BCUT2D eigenvalue weighted by molar-refractivity contribution is -0.138. The number of ether oxygens (including phenoxy) is 5. The zero-order valence-corrected chi connectivity index (χ0v) is 26.2. The topological polar surface area (TPSA) is 126 Å². The van der Waals surface area contributed by atoms with Crippen molar-refractivity contribution in [2.24, 2.45) is 0 Å². The van der Waals surface area contributed by atoms with Crippen LogP contribution in [0.4, 0.5) is 5.69 Å². The van der Waals surface area contributed by atoms with E-state index in [1.807, 2.05) is 0 Å². The van der Waals surface area contributed by atoms with Gasteiger partial charge in [-0.1, -0.05) is 13.2 Å². The van der Waals surface area contributed by atoms with Gasteiger partial charge in [-0.15, -0.1) is 0 Å². The smallest absolute Gasteiger partial charge is 0.343 e. The highest BCUT2D eigenvalue weighted by Gasteiger charge is 2.13. The Morgan fingerprint density at radius 1 is 0.644 bits per heavy atom. The molecular weight excluding hydrogens is 646 g/mol. The molecule has 1 amide bonds. The quantitative estimate of drug-likeness (QED) is 0.0676. The number of carbonyl (C=O) groups excluding carboxylic acids is 4. The predicted octanol–water partition coefficient (Wildman–Crippen LogP) is 6.70. The van der Waals surface area contributed by atoms with Gasteiger partial charge in [0.15, 0.2) is 0 Å². The van der Waals surface area contributed by atoms with E-state index in [0.717, 1.165) is 12.2 Å². The molecule has 0 saturated carbocycles. The highest BCUT2D eigenvalue weighted by Crippen LogP contribution is 2.28. The lowest BCUT2D eigenvalue weighted by atomic mass is 10.2. The first-order valence-electron chi connectivity index (χ1n) is 14.2. The van der Waals surface area contributed by atoms with Crippen molar-refractivity contribution in [1.29, 1.82) is 0 Å². The first-order chi connectivity index (χ1) is 21.8. The minimum Gasteiger partial charge on any atom is -0.494 e. The first kappa shape index (κ1) is 34.6. The van der Waals surface area contributed by atoms with E-state index in [4.69, 9.17) is 23.7 Å². The van der Waals surface area contributed by atoms with E-state index in [0.29, 0.717) is 90.6 Å². The van der Waals surface area contributed by atoms with Crippen LogP contribution >= 0.6 is 15.9 Å². The molecular formula is C34H34BrNO9. The number of unbranched alkanes of at least 4 members (excludes halogenated alkanes) is 2. The van der Waals surface area contributed by atoms with Gasteiger partial charge < -0.3 is 29.0 Å². The molecule has 45 heavy (non-hydrogen) atoms. The van der Waals surface area contributed by atoms with Gasteiger partial charge in [0.25, 0.3) is 5.91 Å². The van der Waals surface area contributed by atoms with Gasteiger partial charge in [0.2, 0.25) is 0 Å². The molecule has 0 aromatic heterocycles. The van der Waals surface area contributed by atoms with Crippen molar-refractivity contribution < 1.29 is 42.9 Å². The molecule has 0 aliphatic carbocycles. The van der Waals surface area contributed by atoms with Crippen LogP contribution in [0.25, 0.3) is 0 Å². The second-order valence-corrected chi connectivity index (χ2v) is 10.2. The van der Waals surface area contributed by atoms with E-state index < -0.39 is 17.9 Å². The Morgan fingerprint density at radius 2 is 1.11 bits per heavy atom. The third-order valence-electron chi connectivity index (χ3n) is 6.04. The van der Waals surface area contributed by atoms with Crippen LogP contribution in [0, 0.1) is 0 Å². The summed E-state index contributed by atoms with van der Waals surface area (Å²) in [5.74, 6) is -0.262. The summed E-state index contributed by atoms with van der Waals surface area (Å²) < 4.78 is 27.2. The maximum atomic E-state index is 12.8. The molecule has 0 heterocycles. The summed E-state index contributed by atoms with van der Waals surface area (Å²) in [5, 5.41) is 2.82. The SMILES string of the molecule is C=CC(=O)OCCCCOc1ccc(C(=O)Nc2ccc(OC(=O)c3ccc(OCCCCOC(=O)C=C)cc3)cc2Br)cc1. The standard InChI is InChI=1S/C34H34BrNO9/c1-3-31(37)43-21-7-5-19-41-26-13-9-24(10-14-26)33(39)36-30-18-17-28(23-29(30)35)45-34(40)25-11-15-27(16-12-25)42-20-6-8-22-44-32(38)4-2/h3-4,9-18,23H,1-2,5-8,19-22H2,(H,36,39). The normalized spacial score (nSPS) is 10.2. The number of hydrogen-bond acceptors (Lipinski definition) is 9. The van der Waals surface area contributed by atoms with Crippen molar-refractivity contribution in [2.45, 2.75) is 25.7 Å². The van der Waals surface area contributed by atoms with Gasteiger partial charge in [-0.05, 0) is 108 Å². The molecule has 11 heteroatoms. The summed E-state index contributed by atoms with van der Waals surface area (Å²) in [7, 11) is 0. The number of esters is 3. The number of halogens is 1. The Morgan fingerprint density at radius 3 is 1.60 bits per heavy atom. The molecule has 10 nitrogen and oxygen atoms in total. The van der Waals surface area contributed by atoms with Gasteiger partial charge in [-0.3, -0.25) is 4.79 Å². The van der Waals surface area contributed by atoms with Crippen LogP contribution in [0.3, 0.4) is 0 Å². The van der Waals surface area contributed by atoms with Crippen LogP contribution in [0.1, 0.15) is 46.4 Å². The summed E-state index contributed by atoms with van der Waals surface area (Å²) >= 11 is 3.42. The minimum absolute atomic E-state index is 0.294.